The van der Waals surface area contributed by atoms with Crippen LogP contribution in [0.4, 0.5) is 0 Å². The second-order valence-electron chi connectivity index (χ2n) is 4.01. The summed E-state index contributed by atoms with van der Waals surface area (Å²) in [6.07, 6.45) is 0. The second kappa shape index (κ2) is 6.99. The minimum Gasteiger partial charge on any atom is -0.350 e. The summed E-state index contributed by atoms with van der Waals surface area (Å²) in [5.74, 6) is -0.353. The Morgan fingerprint density at radius 1 is 1.37 bits per heavy atom. The van der Waals surface area contributed by atoms with Crippen LogP contribution >= 0.6 is 11.3 Å². The maximum absolute atomic E-state index is 12.0. The van der Waals surface area contributed by atoms with E-state index >= 15 is 0 Å². The number of hydrogen-bond donors (Lipinski definition) is 2. The molecule has 0 unspecified atom stereocenters. The zero-order chi connectivity index (χ0) is 14.5. The van der Waals surface area contributed by atoms with Crippen LogP contribution in [0.2, 0.25) is 0 Å². The van der Waals surface area contributed by atoms with Gasteiger partial charge in [-0.15, -0.1) is 11.3 Å². The lowest BCUT2D eigenvalue weighted by atomic mass is 10.4. The monoisotopic (exact) mass is 305 g/mol. The number of rotatable bonds is 7. The molecular weight excluding hydrogens is 286 g/mol. The predicted octanol–water partition coefficient (Wildman–Crippen LogP) is 0.338. The zero-order valence-electron chi connectivity index (χ0n) is 11.3. The summed E-state index contributed by atoms with van der Waals surface area (Å²) >= 11 is 1.13. The van der Waals surface area contributed by atoms with Crippen LogP contribution in [-0.4, -0.2) is 52.4 Å². The molecule has 1 rings (SSSR count). The molecule has 108 valence electrons. The van der Waals surface area contributed by atoms with Gasteiger partial charge in [-0.05, 0) is 18.0 Å². The molecule has 0 fully saturated rings. The zero-order valence-corrected chi connectivity index (χ0v) is 12.9. The highest BCUT2D eigenvalue weighted by atomic mass is 32.2. The average molecular weight is 305 g/mol. The summed E-state index contributed by atoms with van der Waals surface area (Å²) in [5, 5.41) is 7.38. The van der Waals surface area contributed by atoms with Gasteiger partial charge in [0.1, 0.15) is 9.77 Å². The van der Waals surface area contributed by atoms with Crippen molar-refractivity contribution in [1.82, 2.24) is 14.9 Å². The second-order valence-corrected chi connectivity index (χ2v) is 7.05. The van der Waals surface area contributed by atoms with Crippen LogP contribution in [0.1, 0.15) is 16.6 Å². The molecule has 2 N–H and O–H groups in total. The van der Waals surface area contributed by atoms with E-state index in [0.717, 1.165) is 22.2 Å². The van der Waals surface area contributed by atoms with Crippen LogP contribution in [0.25, 0.3) is 0 Å². The Morgan fingerprint density at radius 2 is 2.05 bits per heavy atom. The average Bonchev–Trinajstić information content (AvgIpc) is 2.84. The van der Waals surface area contributed by atoms with Crippen LogP contribution in [0.15, 0.2) is 16.3 Å². The molecule has 0 radical (unpaired) electrons. The number of hydrogen-bond acceptors (Lipinski definition) is 5. The third kappa shape index (κ3) is 4.00. The number of amides is 1. The Bertz CT molecular complexity index is 523. The third-order valence-corrected chi connectivity index (χ3v) is 5.33. The molecule has 0 saturated heterocycles. The highest BCUT2D eigenvalue weighted by Gasteiger charge is 2.25. The fourth-order valence-electron chi connectivity index (χ4n) is 1.38. The Kier molecular flexibility index (Phi) is 5.92. The first-order valence-corrected chi connectivity index (χ1v) is 8.22. The van der Waals surface area contributed by atoms with E-state index in [1.807, 2.05) is 6.92 Å². The van der Waals surface area contributed by atoms with Gasteiger partial charge in [-0.25, -0.2) is 12.7 Å². The SMILES string of the molecule is CCNCCNC(=O)c1sccc1S(=O)(=O)N(C)C. The number of thiophene rings is 1. The Hall–Kier alpha value is -0.960. The van der Waals surface area contributed by atoms with E-state index in [0.29, 0.717) is 13.1 Å². The lowest BCUT2D eigenvalue weighted by molar-refractivity contribution is 0.0955. The first-order valence-electron chi connectivity index (χ1n) is 5.90. The van der Waals surface area contributed by atoms with Gasteiger partial charge >= 0.3 is 0 Å². The molecule has 6 nitrogen and oxygen atoms in total. The topological polar surface area (TPSA) is 78.5 Å². The lowest BCUT2D eigenvalue weighted by Crippen LogP contribution is -2.32. The van der Waals surface area contributed by atoms with Crippen LogP contribution in [0.3, 0.4) is 0 Å². The fraction of sp³-hybridized carbons (Fsp3) is 0.545. The van der Waals surface area contributed by atoms with E-state index < -0.39 is 10.0 Å². The standard InChI is InChI=1S/C11H19N3O3S2/c1-4-12-6-7-13-11(15)10-9(5-8-18-10)19(16,17)14(2)3/h5,8,12H,4,6-7H2,1-3H3,(H,13,15). The molecular formula is C11H19N3O3S2. The van der Waals surface area contributed by atoms with Gasteiger partial charge in [0.05, 0.1) is 0 Å². The van der Waals surface area contributed by atoms with Crippen molar-refractivity contribution in [2.75, 3.05) is 33.7 Å². The van der Waals surface area contributed by atoms with Crippen LogP contribution in [0.5, 0.6) is 0 Å². The van der Waals surface area contributed by atoms with Gasteiger partial charge in [0, 0.05) is 27.2 Å². The minimum absolute atomic E-state index is 0.0588. The molecule has 1 heterocycles. The van der Waals surface area contributed by atoms with E-state index in [2.05, 4.69) is 10.6 Å². The van der Waals surface area contributed by atoms with E-state index in [-0.39, 0.29) is 15.7 Å². The molecule has 0 aliphatic carbocycles. The smallest absolute Gasteiger partial charge is 0.262 e. The summed E-state index contributed by atoms with van der Waals surface area (Å²) in [7, 11) is -0.689. The third-order valence-electron chi connectivity index (χ3n) is 2.43. The number of carbonyl (C=O) groups is 1. The van der Waals surface area contributed by atoms with Gasteiger partial charge in [0.15, 0.2) is 0 Å². The van der Waals surface area contributed by atoms with Gasteiger partial charge in [-0.1, -0.05) is 6.92 Å². The van der Waals surface area contributed by atoms with E-state index in [1.165, 1.54) is 20.2 Å². The first-order chi connectivity index (χ1) is 8.91. The summed E-state index contributed by atoms with van der Waals surface area (Å²) < 4.78 is 25.2. The molecule has 0 aliphatic rings. The minimum atomic E-state index is -3.58. The summed E-state index contributed by atoms with van der Waals surface area (Å²) in [5.41, 5.74) is 0. The van der Waals surface area contributed by atoms with Crippen molar-refractivity contribution in [1.29, 1.82) is 0 Å². The van der Waals surface area contributed by atoms with E-state index in [1.54, 1.807) is 5.38 Å². The van der Waals surface area contributed by atoms with Crippen molar-refractivity contribution < 1.29 is 13.2 Å². The number of carbonyl (C=O) groups excluding carboxylic acids is 1. The maximum atomic E-state index is 12.0. The molecule has 8 heteroatoms. The van der Waals surface area contributed by atoms with Gasteiger partial charge in [-0.2, -0.15) is 0 Å². The van der Waals surface area contributed by atoms with Crippen molar-refractivity contribution >= 4 is 27.3 Å². The molecule has 19 heavy (non-hydrogen) atoms. The van der Waals surface area contributed by atoms with E-state index in [9.17, 15) is 13.2 Å². The molecule has 0 atom stereocenters. The van der Waals surface area contributed by atoms with Crippen molar-refractivity contribution in [2.24, 2.45) is 0 Å². The van der Waals surface area contributed by atoms with Crippen molar-refractivity contribution in [3.63, 3.8) is 0 Å². The van der Waals surface area contributed by atoms with Crippen molar-refractivity contribution in [3.05, 3.63) is 16.3 Å². The summed E-state index contributed by atoms with van der Waals surface area (Å²) in [6.45, 7) is 3.92. The van der Waals surface area contributed by atoms with Gasteiger partial charge in [0.2, 0.25) is 10.0 Å². The fourth-order valence-corrected chi connectivity index (χ4v) is 3.59. The molecule has 1 aromatic heterocycles. The van der Waals surface area contributed by atoms with Gasteiger partial charge in [0.25, 0.3) is 5.91 Å². The molecule has 0 aliphatic heterocycles. The van der Waals surface area contributed by atoms with Crippen molar-refractivity contribution in [3.8, 4) is 0 Å². The molecule has 1 aromatic rings. The summed E-state index contributed by atoms with van der Waals surface area (Å²) in [6, 6.07) is 1.46. The molecule has 0 saturated carbocycles. The highest BCUT2D eigenvalue weighted by Crippen LogP contribution is 2.23. The van der Waals surface area contributed by atoms with Crippen LogP contribution in [0, 0.1) is 0 Å². The predicted molar refractivity (Wildman–Crippen MR) is 76.1 cm³/mol. The van der Waals surface area contributed by atoms with E-state index in [4.69, 9.17) is 0 Å². The lowest BCUT2D eigenvalue weighted by Gasteiger charge is -2.12. The Balaban J connectivity index is 2.81. The number of nitrogens with zero attached hydrogens (tertiary/aromatic N) is 1. The summed E-state index contributed by atoms with van der Waals surface area (Å²) in [4.78, 5) is 12.2. The maximum Gasteiger partial charge on any atom is 0.262 e. The largest absolute Gasteiger partial charge is 0.350 e. The number of likely N-dealkylation sites (N-methyl/N-ethyl adjacent to an activating group) is 1. The van der Waals surface area contributed by atoms with Crippen LogP contribution < -0.4 is 10.6 Å². The quantitative estimate of drug-likeness (QED) is 0.712. The highest BCUT2D eigenvalue weighted by molar-refractivity contribution is 7.89. The molecule has 1 amide bonds. The molecule has 0 aromatic carbocycles. The Labute approximate surface area is 117 Å². The number of sulfonamides is 1. The van der Waals surface area contributed by atoms with Crippen LogP contribution in [-0.2, 0) is 10.0 Å². The van der Waals surface area contributed by atoms with Gasteiger partial charge < -0.3 is 10.6 Å². The first kappa shape index (κ1) is 16.1. The normalized spacial score (nSPS) is 11.8. The van der Waals surface area contributed by atoms with Gasteiger partial charge in [-0.3, -0.25) is 4.79 Å². The number of nitrogens with one attached hydrogen (secondary N) is 2. The molecule has 0 spiro atoms. The molecule has 0 bridgehead atoms. The Morgan fingerprint density at radius 3 is 2.63 bits per heavy atom. The van der Waals surface area contributed by atoms with Crippen molar-refractivity contribution in [2.45, 2.75) is 11.8 Å².